The lowest BCUT2D eigenvalue weighted by Crippen LogP contribution is -2.02. The molecule has 0 N–H and O–H groups in total. The standard InChI is InChI=1S/C9H15S/c1-2-3-5-8-6-4-7-9(8)10/h8H,1-7H2. The third kappa shape index (κ3) is 2.05. The highest BCUT2D eigenvalue weighted by molar-refractivity contribution is 7.80. The number of rotatable bonds is 3. The van der Waals surface area contributed by atoms with Crippen LogP contribution >= 0.6 is 12.2 Å². The van der Waals surface area contributed by atoms with Gasteiger partial charge in [0.05, 0.1) is 0 Å². The van der Waals surface area contributed by atoms with E-state index in [0.717, 1.165) is 12.3 Å². The summed E-state index contributed by atoms with van der Waals surface area (Å²) < 4.78 is 0. The largest absolute Gasteiger partial charge is 0.0894 e. The molecule has 0 aromatic rings. The normalized spacial score (nSPS) is 25.7. The Kier molecular flexibility index (Phi) is 3.33. The molecule has 1 rings (SSSR count). The zero-order valence-electron chi connectivity index (χ0n) is 6.44. The van der Waals surface area contributed by atoms with Gasteiger partial charge in [0.15, 0.2) is 0 Å². The van der Waals surface area contributed by atoms with Crippen LogP contribution in [-0.4, -0.2) is 4.86 Å². The Morgan fingerprint density at radius 1 is 1.60 bits per heavy atom. The molecule has 10 heavy (non-hydrogen) atoms. The molecule has 1 radical (unpaired) electrons. The van der Waals surface area contributed by atoms with Crippen molar-refractivity contribution in [2.75, 3.05) is 0 Å². The molecule has 1 atom stereocenters. The minimum atomic E-state index is 0.775. The van der Waals surface area contributed by atoms with Gasteiger partial charge in [-0.05, 0) is 36.5 Å². The van der Waals surface area contributed by atoms with Crippen LogP contribution in [0.4, 0.5) is 0 Å². The summed E-state index contributed by atoms with van der Waals surface area (Å²) in [7, 11) is 0. The smallest absolute Gasteiger partial charge is 0.00406 e. The zero-order valence-corrected chi connectivity index (χ0v) is 7.25. The summed E-state index contributed by atoms with van der Waals surface area (Å²) in [5, 5.41) is 0. The fraction of sp³-hybridized carbons (Fsp3) is 0.778. The highest BCUT2D eigenvalue weighted by atomic mass is 32.1. The number of hydrogen-bond acceptors (Lipinski definition) is 1. The van der Waals surface area contributed by atoms with Crippen molar-refractivity contribution in [3.8, 4) is 0 Å². The maximum atomic E-state index is 5.23. The average molecular weight is 155 g/mol. The van der Waals surface area contributed by atoms with E-state index < -0.39 is 0 Å². The molecule has 0 amide bonds. The third-order valence-corrected chi connectivity index (χ3v) is 2.77. The summed E-state index contributed by atoms with van der Waals surface area (Å²) in [6.45, 7) is 3.83. The predicted molar refractivity (Wildman–Crippen MR) is 49.1 cm³/mol. The van der Waals surface area contributed by atoms with Crippen LogP contribution in [0.5, 0.6) is 0 Å². The van der Waals surface area contributed by atoms with Crippen molar-refractivity contribution < 1.29 is 0 Å². The highest BCUT2D eigenvalue weighted by Gasteiger charge is 2.19. The van der Waals surface area contributed by atoms with Crippen molar-refractivity contribution in [1.82, 2.24) is 0 Å². The Morgan fingerprint density at radius 2 is 2.40 bits per heavy atom. The van der Waals surface area contributed by atoms with Crippen LogP contribution in [-0.2, 0) is 0 Å². The topological polar surface area (TPSA) is 0 Å². The van der Waals surface area contributed by atoms with Gasteiger partial charge in [-0.25, -0.2) is 0 Å². The van der Waals surface area contributed by atoms with E-state index in [0.29, 0.717) is 0 Å². The molecule has 0 aromatic carbocycles. The lowest BCUT2D eigenvalue weighted by atomic mass is 10.0. The summed E-state index contributed by atoms with van der Waals surface area (Å²) >= 11 is 5.23. The van der Waals surface area contributed by atoms with Crippen LogP contribution < -0.4 is 0 Å². The summed E-state index contributed by atoms with van der Waals surface area (Å²) in [5.41, 5.74) is 0. The van der Waals surface area contributed by atoms with Crippen molar-refractivity contribution in [2.45, 2.75) is 38.5 Å². The minimum absolute atomic E-state index is 0.775. The van der Waals surface area contributed by atoms with Gasteiger partial charge in [0.25, 0.3) is 0 Å². The van der Waals surface area contributed by atoms with Crippen LogP contribution in [0.3, 0.4) is 0 Å². The van der Waals surface area contributed by atoms with E-state index in [-0.39, 0.29) is 0 Å². The van der Waals surface area contributed by atoms with Gasteiger partial charge in [0, 0.05) is 0 Å². The van der Waals surface area contributed by atoms with Crippen molar-refractivity contribution in [2.24, 2.45) is 5.92 Å². The van der Waals surface area contributed by atoms with E-state index in [1.165, 1.54) is 37.0 Å². The number of unbranched alkanes of at least 4 members (excludes halogenated alkanes) is 1. The first-order valence-corrected chi connectivity index (χ1v) is 4.57. The highest BCUT2D eigenvalue weighted by Crippen LogP contribution is 2.26. The van der Waals surface area contributed by atoms with Gasteiger partial charge in [-0.3, -0.25) is 0 Å². The fourth-order valence-corrected chi connectivity index (χ4v) is 1.96. The van der Waals surface area contributed by atoms with E-state index >= 15 is 0 Å². The molecule has 0 heterocycles. The molecule has 1 aliphatic rings. The Morgan fingerprint density at radius 3 is 2.90 bits per heavy atom. The molecule has 1 fully saturated rings. The Labute approximate surface area is 69.0 Å². The molecule has 57 valence electrons. The zero-order chi connectivity index (χ0) is 7.40. The van der Waals surface area contributed by atoms with Crippen LogP contribution in [0.1, 0.15) is 38.5 Å². The SMILES string of the molecule is [CH2]CCCC1CCCC1=S. The van der Waals surface area contributed by atoms with E-state index in [1.807, 2.05) is 0 Å². The molecule has 0 aliphatic heterocycles. The fourth-order valence-electron chi connectivity index (χ4n) is 1.58. The average Bonchev–Trinajstić information content (AvgIpc) is 2.31. The maximum Gasteiger partial charge on any atom is -0.00406 e. The number of hydrogen-bond donors (Lipinski definition) is 0. The van der Waals surface area contributed by atoms with Crippen LogP contribution in [0.15, 0.2) is 0 Å². The first-order chi connectivity index (χ1) is 4.84. The molecule has 0 aromatic heterocycles. The second-order valence-corrected chi connectivity index (χ2v) is 3.58. The molecule has 0 spiro atoms. The lowest BCUT2D eigenvalue weighted by Gasteiger charge is -2.06. The van der Waals surface area contributed by atoms with E-state index in [2.05, 4.69) is 6.92 Å². The molecule has 0 saturated heterocycles. The first-order valence-electron chi connectivity index (χ1n) is 4.16. The summed E-state index contributed by atoms with van der Waals surface area (Å²) in [6, 6.07) is 0. The van der Waals surface area contributed by atoms with Gasteiger partial charge in [0.1, 0.15) is 0 Å². The van der Waals surface area contributed by atoms with Gasteiger partial charge in [0.2, 0.25) is 0 Å². The molecule has 1 aliphatic carbocycles. The van der Waals surface area contributed by atoms with Gasteiger partial charge in [-0.2, -0.15) is 0 Å². The molecule has 1 saturated carbocycles. The molecule has 1 heteroatoms. The van der Waals surface area contributed by atoms with E-state index in [1.54, 1.807) is 0 Å². The second kappa shape index (κ2) is 4.07. The Hall–Kier alpha value is 0.0900. The van der Waals surface area contributed by atoms with Crippen LogP contribution in [0.25, 0.3) is 0 Å². The minimum Gasteiger partial charge on any atom is -0.0894 e. The molecular weight excluding hydrogens is 140 g/mol. The van der Waals surface area contributed by atoms with Gasteiger partial charge < -0.3 is 0 Å². The third-order valence-electron chi connectivity index (χ3n) is 2.23. The molecule has 0 bridgehead atoms. The van der Waals surface area contributed by atoms with Gasteiger partial charge >= 0.3 is 0 Å². The van der Waals surface area contributed by atoms with Crippen molar-refractivity contribution in [3.05, 3.63) is 6.92 Å². The Balaban J connectivity index is 2.20. The van der Waals surface area contributed by atoms with E-state index in [9.17, 15) is 0 Å². The lowest BCUT2D eigenvalue weighted by molar-refractivity contribution is 0.585. The summed E-state index contributed by atoms with van der Waals surface area (Å²) in [6.07, 6.45) is 7.50. The first kappa shape index (κ1) is 8.19. The van der Waals surface area contributed by atoms with Crippen LogP contribution in [0.2, 0.25) is 0 Å². The predicted octanol–water partition coefficient (Wildman–Crippen LogP) is 3.16. The monoisotopic (exact) mass is 155 g/mol. The molecular formula is C9H15S. The van der Waals surface area contributed by atoms with E-state index in [4.69, 9.17) is 12.2 Å². The van der Waals surface area contributed by atoms with Crippen molar-refractivity contribution in [1.29, 1.82) is 0 Å². The summed E-state index contributed by atoms with van der Waals surface area (Å²) in [4.78, 5) is 1.33. The van der Waals surface area contributed by atoms with Gasteiger partial charge in [-0.15, -0.1) is 0 Å². The quantitative estimate of drug-likeness (QED) is 0.564. The molecule has 1 unspecified atom stereocenters. The van der Waals surface area contributed by atoms with Gasteiger partial charge in [-0.1, -0.05) is 32.0 Å². The number of thiocarbonyl (C=S) groups is 1. The van der Waals surface area contributed by atoms with Crippen molar-refractivity contribution in [3.63, 3.8) is 0 Å². The van der Waals surface area contributed by atoms with Crippen molar-refractivity contribution >= 4 is 17.1 Å². The second-order valence-electron chi connectivity index (χ2n) is 3.05. The summed E-state index contributed by atoms with van der Waals surface area (Å²) in [5.74, 6) is 0.775. The van der Waals surface area contributed by atoms with Crippen LogP contribution in [0, 0.1) is 12.8 Å². The Bertz CT molecular complexity index is 118. The maximum absolute atomic E-state index is 5.23. The molecule has 0 nitrogen and oxygen atoms in total.